The van der Waals surface area contributed by atoms with Crippen molar-refractivity contribution in [2.45, 2.75) is 13.8 Å². The van der Waals surface area contributed by atoms with Crippen LogP contribution < -0.4 is 9.62 Å². The summed E-state index contributed by atoms with van der Waals surface area (Å²) in [4.78, 5) is 12.4. The van der Waals surface area contributed by atoms with Crippen LogP contribution in [0.4, 0.5) is 11.4 Å². The van der Waals surface area contributed by atoms with E-state index in [0.29, 0.717) is 11.4 Å². The van der Waals surface area contributed by atoms with Gasteiger partial charge in [0.1, 0.15) is 6.54 Å². The van der Waals surface area contributed by atoms with Crippen LogP contribution in [0, 0.1) is 13.8 Å². The van der Waals surface area contributed by atoms with Crippen LogP contribution in [0.3, 0.4) is 0 Å². The number of carbonyl (C=O) groups excluding carboxylic acids is 1. The Morgan fingerprint density at radius 2 is 1.83 bits per heavy atom. The molecule has 2 aromatic rings. The molecule has 0 aromatic heterocycles. The molecule has 0 unspecified atom stereocenters. The molecule has 0 saturated carbocycles. The van der Waals surface area contributed by atoms with Gasteiger partial charge >= 0.3 is 0 Å². The molecule has 0 spiro atoms. The summed E-state index contributed by atoms with van der Waals surface area (Å²) in [6.07, 6.45) is 1.10. The lowest BCUT2D eigenvalue weighted by Gasteiger charge is -2.24. The highest BCUT2D eigenvalue weighted by Gasteiger charge is 2.22. The summed E-state index contributed by atoms with van der Waals surface area (Å²) in [6, 6.07) is 12.7. The van der Waals surface area contributed by atoms with Gasteiger partial charge in [0.2, 0.25) is 15.9 Å². The topological polar surface area (TPSA) is 66.5 Å². The van der Waals surface area contributed by atoms with E-state index in [-0.39, 0.29) is 6.54 Å². The Balaban J connectivity index is 2.29. The van der Waals surface area contributed by atoms with E-state index in [1.807, 2.05) is 32.0 Å². The van der Waals surface area contributed by atoms with Crippen molar-refractivity contribution < 1.29 is 13.2 Å². The SMILES string of the molecule is Cc1ccc(C)c(N(CC(=O)Nc2ccccc2Br)S(C)(=O)=O)c1. The van der Waals surface area contributed by atoms with Gasteiger partial charge in [0, 0.05) is 4.47 Å². The summed E-state index contributed by atoms with van der Waals surface area (Å²) < 4.78 is 26.2. The molecule has 7 heteroatoms. The molecule has 24 heavy (non-hydrogen) atoms. The average molecular weight is 411 g/mol. The van der Waals surface area contributed by atoms with E-state index in [1.54, 1.807) is 24.3 Å². The van der Waals surface area contributed by atoms with Gasteiger partial charge in [0.05, 0.1) is 17.6 Å². The lowest BCUT2D eigenvalue weighted by molar-refractivity contribution is -0.114. The smallest absolute Gasteiger partial charge is 0.245 e. The Morgan fingerprint density at radius 1 is 1.17 bits per heavy atom. The standard InChI is InChI=1S/C17H19BrN2O3S/c1-12-8-9-13(2)16(10-12)20(24(3,22)23)11-17(21)19-15-7-5-4-6-14(15)18/h4-10H,11H2,1-3H3,(H,19,21). The monoisotopic (exact) mass is 410 g/mol. The molecule has 0 aliphatic carbocycles. The van der Waals surface area contributed by atoms with Gasteiger partial charge in [0.15, 0.2) is 0 Å². The van der Waals surface area contributed by atoms with Crippen LogP contribution in [-0.4, -0.2) is 27.1 Å². The van der Waals surface area contributed by atoms with E-state index >= 15 is 0 Å². The third-order valence-corrected chi connectivity index (χ3v) is 5.29. The summed E-state index contributed by atoms with van der Waals surface area (Å²) >= 11 is 3.35. The third-order valence-electron chi connectivity index (χ3n) is 3.47. The van der Waals surface area contributed by atoms with Crippen molar-refractivity contribution in [2.24, 2.45) is 0 Å². The number of halogens is 1. The largest absolute Gasteiger partial charge is 0.323 e. The molecule has 5 nitrogen and oxygen atoms in total. The van der Waals surface area contributed by atoms with Crippen molar-refractivity contribution in [3.8, 4) is 0 Å². The zero-order valence-corrected chi connectivity index (χ0v) is 16.1. The third kappa shape index (κ3) is 4.58. The van der Waals surface area contributed by atoms with E-state index in [0.717, 1.165) is 26.2 Å². The van der Waals surface area contributed by atoms with Crippen molar-refractivity contribution in [1.29, 1.82) is 0 Å². The maximum Gasteiger partial charge on any atom is 0.245 e. The minimum Gasteiger partial charge on any atom is -0.323 e. The van der Waals surface area contributed by atoms with Crippen molar-refractivity contribution in [3.05, 3.63) is 58.1 Å². The minimum absolute atomic E-state index is 0.287. The fraction of sp³-hybridized carbons (Fsp3) is 0.235. The highest BCUT2D eigenvalue weighted by Crippen LogP contribution is 2.25. The highest BCUT2D eigenvalue weighted by atomic mass is 79.9. The summed E-state index contributed by atoms with van der Waals surface area (Å²) in [7, 11) is -3.59. The molecule has 0 saturated heterocycles. The predicted molar refractivity (Wildman–Crippen MR) is 101 cm³/mol. The molecule has 2 aromatic carbocycles. The van der Waals surface area contributed by atoms with E-state index in [9.17, 15) is 13.2 Å². The summed E-state index contributed by atoms with van der Waals surface area (Å²) in [5.41, 5.74) is 2.83. The number of nitrogens with one attached hydrogen (secondary N) is 1. The molecular weight excluding hydrogens is 392 g/mol. The fourth-order valence-corrected chi connectivity index (χ4v) is 3.54. The number of hydrogen-bond acceptors (Lipinski definition) is 3. The number of carbonyl (C=O) groups is 1. The van der Waals surface area contributed by atoms with Crippen LogP contribution in [-0.2, 0) is 14.8 Å². The first-order valence-corrected chi connectivity index (χ1v) is 9.92. The van der Waals surface area contributed by atoms with Crippen LogP contribution >= 0.6 is 15.9 Å². The number of rotatable bonds is 5. The second-order valence-electron chi connectivity index (χ2n) is 5.59. The Hall–Kier alpha value is -1.86. The average Bonchev–Trinajstić information content (AvgIpc) is 2.49. The van der Waals surface area contributed by atoms with Gasteiger partial charge in [-0.2, -0.15) is 0 Å². The zero-order valence-electron chi connectivity index (χ0n) is 13.7. The number of anilines is 2. The first-order valence-electron chi connectivity index (χ1n) is 7.28. The molecule has 0 fully saturated rings. The zero-order chi connectivity index (χ0) is 17.9. The Labute approximate surface area is 150 Å². The molecule has 128 valence electrons. The molecule has 0 atom stereocenters. The van der Waals surface area contributed by atoms with E-state index in [2.05, 4.69) is 21.2 Å². The number of para-hydroxylation sites is 1. The summed E-state index contributed by atoms with van der Waals surface area (Å²) in [5, 5.41) is 2.72. The number of hydrogen-bond donors (Lipinski definition) is 1. The second kappa shape index (κ2) is 7.36. The van der Waals surface area contributed by atoms with Crippen molar-refractivity contribution in [2.75, 3.05) is 22.4 Å². The minimum atomic E-state index is -3.59. The number of aryl methyl sites for hydroxylation is 2. The van der Waals surface area contributed by atoms with Crippen LogP contribution in [0.15, 0.2) is 46.9 Å². The van der Waals surface area contributed by atoms with Gasteiger partial charge in [-0.05, 0) is 59.1 Å². The van der Waals surface area contributed by atoms with Gasteiger partial charge in [-0.15, -0.1) is 0 Å². The van der Waals surface area contributed by atoms with Crippen molar-refractivity contribution in [3.63, 3.8) is 0 Å². The molecule has 1 amide bonds. The van der Waals surface area contributed by atoms with Crippen LogP contribution in [0.2, 0.25) is 0 Å². The van der Waals surface area contributed by atoms with Gasteiger partial charge in [-0.3, -0.25) is 9.10 Å². The molecule has 1 N–H and O–H groups in total. The number of benzene rings is 2. The first kappa shape index (κ1) is 18.5. The normalized spacial score (nSPS) is 11.2. The molecule has 0 aliphatic rings. The van der Waals surface area contributed by atoms with E-state index in [1.165, 1.54) is 0 Å². The number of sulfonamides is 1. The maximum atomic E-state index is 12.4. The van der Waals surface area contributed by atoms with Gasteiger partial charge in [-0.1, -0.05) is 24.3 Å². The maximum absolute atomic E-state index is 12.4. The number of amides is 1. The first-order chi connectivity index (χ1) is 11.2. The Bertz CT molecular complexity index is 866. The van der Waals surface area contributed by atoms with Crippen LogP contribution in [0.5, 0.6) is 0 Å². The van der Waals surface area contributed by atoms with Gasteiger partial charge in [0.25, 0.3) is 0 Å². The van der Waals surface area contributed by atoms with Gasteiger partial charge in [-0.25, -0.2) is 8.42 Å². The quantitative estimate of drug-likeness (QED) is 0.820. The summed E-state index contributed by atoms with van der Waals surface area (Å²) in [6.45, 7) is 3.41. The van der Waals surface area contributed by atoms with Gasteiger partial charge < -0.3 is 5.32 Å². The van der Waals surface area contributed by atoms with E-state index in [4.69, 9.17) is 0 Å². The fourth-order valence-electron chi connectivity index (χ4n) is 2.25. The summed E-state index contributed by atoms with van der Waals surface area (Å²) in [5.74, 6) is -0.409. The predicted octanol–water partition coefficient (Wildman–Crippen LogP) is 3.47. The molecule has 0 bridgehead atoms. The Morgan fingerprint density at radius 3 is 2.46 bits per heavy atom. The molecular formula is C17H19BrN2O3S. The molecule has 2 rings (SSSR count). The molecule has 0 radical (unpaired) electrons. The molecule has 0 aliphatic heterocycles. The van der Waals surface area contributed by atoms with E-state index < -0.39 is 15.9 Å². The molecule has 0 heterocycles. The van der Waals surface area contributed by atoms with Crippen LogP contribution in [0.1, 0.15) is 11.1 Å². The van der Waals surface area contributed by atoms with Crippen molar-refractivity contribution >= 4 is 43.2 Å². The van der Waals surface area contributed by atoms with Crippen molar-refractivity contribution in [1.82, 2.24) is 0 Å². The van der Waals surface area contributed by atoms with Crippen LogP contribution in [0.25, 0.3) is 0 Å². The Kier molecular flexibility index (Phi) is 5.66. The number of nitrogens with zero attached hydrogens (tertiary/aromatic N) is 1. The lowest BCUT2D eigenvalue weighted by Crippen LogP contribution is -2.38. The highest BCUT2D eigenvalue weighted by molar-refractivity contribution is 9.10. The second-order valence-corrected chi connectivity index (χ2v) is 8.35. The lowest BCUT2D eigenvalue weighted by atomic mass is 10.1.